The number of nitrogens with one attached hydrogen (secondary N) is 2. The molecule has 136 valence electrons. The molecule has 0 heterocycles. The van der Waals surface area contributed by atoms with Gasteiger partial charge >= 0.3 is 5.97 Å². The number of amides is 2. The lowest BCUT2D eigenvalue weighted by Gasteiger charge is -2.09. The number of carbonyl (C=O) groups is 3. The fraction of sp³-hybridized carbons (Fsp3) is 0.0952. The second-order valence-corrected chi connectivity index (χ2v) is 5.78. The van der Waals surface area contributed by atoms with Crippen LogP contribution >= 0.6 is 0 Å². The van der Waals surface area contributed by atoms with Crippen LogP contribution in [0.25, 0.3) is 10.8 Å². The van der Waals surface area contributed by atoms with Crippen LogP contribution in [-0.2, 0) is 14.3 Å². The zero-order valence-corrected chi connectivity index (χ0v) is 14.5. The predicted octanol–water partition coefficient (Wildman–Crippen LogP) is 2.75. The van der Waals surface area contributed by atoms with Gasteiger partial charge in [-0.1, -0.05) is 54.6 Å². The minimum absolute atomic E-state index is 0.310. The summed E-state index contributed by atoms with van der Waals surface area (Å²) in [5.41, 5.74) is 1.09. The number of hydrogen-bond acceptors (Lipinski definition) is 4. The van der Waals surface area contributed by atoms with Crippen LogP contribution in [0, 0.1) is 0 Å². The summed E-state index contributed by atoms with van der Waals surface area (Å²) in [6, 6.07) is 21.7. The molecule has 0 bridgehead atoms. The summed E-state index contributed by atoms with van der Waals surface area (Å²) in [5, 5.41) is 7.07. The molecule has 2 N–H and O–H groups in total. The smallest absolute Gasteiger partial charge is 0.325 e. The van der Waals surface area contributed by atoms with Gasteiger partial charge in [-0.25, -0.2) is 0 Å². The van der Waals surface area contributed by atoms with Gasteiger partial charge in [0.25, 0.3) is 11.8 Å². The Morgan fingerprint density at radius 3 is 2.33 bits per heavy atom. The number of ether oxygens (including phenoxy) is 1. The molecule has 0 atom stereocenters. The number of fused-ring (bicyclic) bond motifs is 1. The molecule has 3 aromatic carbocycles. The van der Waals surface area contributed by atoms with Gasteiger partial charge in [-0.15, -0.1) is 0 Å². The minimum Gasteiger partial charge on any atom is -0.454 e. The van der Waals surface area contributed by atoms with Gasteiger partial charge in [-0.3, -0.25) is 14.4 Å². The zero-order chi connectivity index (χ0) is 19.1. The monoisotopic (exact) mass is 362 g/mol. The number of benzene rings is 3. The average molecular weight is 362 g/mol. The Morgan fingerprint density at radius 1 is 0.815 bits per heavy atom. The largest absolute Gasteiger partial charge is 0.454 e. The van der Waals surface area contributed by atoms with Crippen LogP contribution in [0.2, 0.25) is 0 Å². The Morgan fingerprint density at radius 2 is 1.52 bits per heavy atom. The Hall–Kier alpha value is -3.67. The Bertz CT molecular complexity index is 965. The van der Waals surface area contributed by atoms with Crippen LogP contribution in [0.15, 0.2) is 72.8 Å². The summed E-state index contributed by atoms with van der Waals surface area (Å²) in [6.45, 7) is -0.738. The zero-order valence-electron chi connectivity index (χ0n) is 14.5. The van der Waals surface area contributed by atoms with E-state index in [2.05, 4.69) is 10.6 Å². The molecule has 0 saturated carbocycles. The van der Waals surface area contributed by atoms with E-state index < -0.39 is 18.5 Å². The van der Waals surface area contributed by atoms with Crippen LogP contribution in [-0.4, -0.2) is 30.9 Å². The Labute approximate surface area is 156 Å². The first-order chi connectivity index (χ1) is 13.1. The number of rotatable bonds is 6. The van der Waals surface area contributed by atoms with Gasteiger partial charge in [-0.05, 0) is 23.6 Å². The standard InChI is InChI=1S/C21H18N2O4/c24-19(23-18-12-6-10-15-7-4-5-11-17(15)18)14-27-20(25)13-22-21(26)16-8-2-1-3-9-16/h1-12H,13-14H2,(H,22,26)(H,23,24). The molecule has 0 aromatic heterocycles. The second-order valence-electron chi connectivity index (χ2n) is 5.78. The van der Waals surface area contributed by atoms with Crippen molar-refractivity contribution in [1.29, 1.82) is 0 Å². The molecule has 3 aromatic rings. The van der Waals surface area contributed by atoms with E-state index in [1.165, 1.54) is 0 Å². The molecule has 0 saturated heterocycles. The molecule has 6 nitrogen and oxygen atoms in total. The third-order valence-electron chi connectivity index (χ3n) is 3.86. The molecular formula is C21H18N2O4. The summed E-state index contributed by atoms with van der Waals surface area (Å²) in [6.07, 6.45) is 0. The lowest BCUT2D eigenvalue weighted by atomic mass is 10.1. The van der Waals surface area contributed by atoms with Crippen LogP contribution in [0.4, 0.5) is 5.69 Å². The highest BCUT2D eigenvalue weighted by molar-refractivity contribution is 6.03. The van der Waals surface area contributed by atoms with Crippen molar-refractivity contribution in [3.8, 4) is 0 Å². The van der Waals surface area contributed by atoms with E-state index in [0.29, 0.717) is 11.3 Å². The number of esters is 1. The van der Waals surface area contributed by atoms with E-state index in [4.69, 9.17) is 4.74 Å². The lowest BCUT2D eigenvalue weighted by Crippen LogP contribution is -2.32. The predicted molar refractivity (Wildman–Crippen MR) is 102 cm³/mol. The van der Waals surface area contributed by atoms with Crippen LogP contribution in [0.1, 0.15) is 10.4 Å². The highest BCUT2D eigenvalue weighted by Gasteiger charge is 2.11. The summed E-state index contributed by atoms with van der Waals surface area (Å²) in [7, 11) is 0. The number of anilines is 1. The van der Waals surface area contributed by atoms with Crippen molar-refractivity contribution >= 4 is 34.2 Å². The van der Waals surface area contributed by atoms with Crippen molar-refractivity contribution in [3.05, 3.63) is 78.4 Å². The van der Waals surface area contributed by atoms with E-state index in [1.807, 2.05) is 36.4 Å². The molecule has 6 heteroatoms. The molecule has 0 fully saturated rings. The molecular weight excluding hydrogens is 344 g/mol. The maximum Gasteiger partial charge on any atom is 0.325 e. The summed E-state index contributed by atoms with van der Waals surface area (Å²) >= 11 is 0. The van der Waals surface area contributed by atoms with Crippen molar-refractivity contribution in [2.75, 3.05) is 18.5 Å². The molecule has 0 aliphatic heterocycles. The van der Waals surface area contributed by atoms with Gasteiger partial charge in [0.05, 0.1) is 0 Å². The fourth-order valence-electron chi connectivity index (χ4n) is 2.56. The van der Waals surface area contributed by atoms with Crippen molar-refractivity contribution < 1.29 is 19.1 Å². The topological polar surface area (TPSA) is 84.5 Å². The third kappa shape index (κ3) is 4.92. The fourth-order valence-corrected chi connectivity index (χ4v) is 2.56. The first kappa shape index (κ1) is 18.1. The molecule has 0 radical (unpaired) electrons. The molecule has 27 heavy (non-hydrogen) atoms. The average Bonchev–Trinajstić information content (AvgIpc) is 2.71. The maximum absolute atomic E-state index is 12.0. The van der Waals surface area contributed by atoms with Gasteiger partial charge in [0.1, 0.15) is 6.54 Å². The van der Waals surface area contributed by atoms with E-state index in [1.54, 1.807) is 36.4 Å². The molecule has 0 aliphatic carbocycles. The Balaban J connectivity index is 1.47. The van der Waals surface area contributed by atoms with E-state index >= 15 is 0 Å². The van der Waals surface area contributed by atoms with Crippen molar-refractivity contribution in [1.82, 2.24) is 5.32 Å². The molecule has 3 rings (SSSR count). The van der Waals surface area contributed by atoms with Crippen LogP contribution in [0.3, 0.4) is 0 Å². The van der Waals surface area contributed by atoms with E-state index in [-0.39, 0.29) is 12.5 Å². The summed E-state index contributed by atoms with van der Waals surface area (Å²) < 4.78 is 4.91. The van der Waals surface area contributed by atoms with Gasteiger partial charge in [-0.2, -0.15) is 0 Å². The summed E-state index contributed by atoms with van der Waals surface area (Å²) in [4.78, 5) is 35.6. The second kappa shape index (κ2) is 8.62. The van der Waals surface area contributed by atoms with Gasteiger partial charge in [0, 0.05) is 16.6 Å². The van der Waals surface area contributed by atoms with Gasteiger partial charge in [0.2, 0.25) is 0 Å². The highest BCUT2D eigenvalue weighted by Crippen LogP contribution is 2.22. The Kier molecular flexibility index (Phi) is 5.79. The molecule has 0 aliphatic rings. The number of carbonyl (C=O) groups excluding carboxylic acids is 3. The van der Waals surface area contributed by atoms with Crippen LogP contribution < -0.4 is 10.6 Å². The van der Waals surface area contributed by atoms with Crippen LogP contribution in [0.5, 0.6) is 0 Å². The van der Waals surface area contributed by atoms with Crippen molar-refractivity contribution in [2.24, 2.45) is 0 Å². The quantitative estimate of drug-likeness (QED) is 0.661. The summed E-state index contributed by atoms with van der Waals surface area (Å²) in [5.74, 6) is -1.52. The van der Waals surface area contributed by atoms with Gasteiger partial charge < -0.3 is 15.4 Å². The van der Waals surface area contributed by atoms with E-state index in [0.717, 1.165) is 10.8 Å². The maximum atomic E-state index is 12.0. The molecule has 0 spiro atoms. The van der Waals surface area contributed by atoms with Gasteiger partial charge in [0.15, 0.2) is 6.61 Å². The van der Waals surface area contributed by atoms with Crippen molar-refractivity contribution in [2.45, 2.75) is 0 Å². The van der Waals surface area contributed by atoms with Crippen molar-refractivity contribution in [3.63, 3.8) is 0 Å². The molecule has 0 unspecified atom stereocenters. The molecule has 2 amide bonds. The first-order valence-corrected chi connectivity index (χ1v) is 8.40. The number of hydrogen-bond donors (Lipinski definition) is 2. The normalized spacial score (nSPS) is 10.2. The minimum atomic E-state index is -0.688. The highest BCUT2D eigenvalue weighted by atomic mass is 16.5. The van der Waals surface area contributed by atoms with E-state index in [9.17, 15) is 14.4 Å². The third-order valence-corrected chi connectivity index (χ3v) is 3.86. The first-order valence-electron chi connectivity index (χ1n) is 8.40. The SMILES string of the molecule is O=C(COC(=O)CNC(=O)c1ccccc1)Nc1cccc2ccccc12. The lowest BCUT2D eigenvalue weighted by molar-refractivity contribution is -0.146.